The highest BCUT2D eigenvalue weighted by Crippen LogP contribution is 2.13. The molecule has 0 atom stereocenters. The first kappa shape index (κ1) is 15.7. The van der Waals surface area contributed by atoms with Crippen LogP contribution in [0, 0.1) is 0 Å². The van der Waals surface area contributed by atoms with Crippen molar-refractivity contribution in [3.8, 4) is 0 Å². The van der Waals surface area contributed by atoms with Crippen LogP contribution in [0.2, 0.25) is 0 Å². The summed E-state index contributed by atoms with van der Waals surface area (Å²) in [6, 6.07) is 0. The molecule has 0 saturated carbocycles. The summed E-state index contributed by atoms with van der Waals surface area (Å²) in [4.78, 5) is 0. The minimum atomic E-state index is -4.22. The zero-order chi connectivity index (χ0) is 12.3. The van der Waals surface area contributed by atoms with E-state index in [9.17, 15) is 13.2 Å². The van der Waals surface area contributed by atoms with Gasteiger partial charge in [-0.05, 0) is 32.5 Å². The van der Waals surface area contributed by atoms with Crippen molar-refractivity contribution >= 4 is 0 Å². The lowest BCUT2D eigenvalue weighted by Crippen LogP contribution is -2.26. The van der Waals surface area contributed by atoms with Crippen molar-refractivity contribution in [2.75, 3.05) is 39.4 Å². The maximum Gasteiger partial charge on any atom is 0.411 e. The van der Waals surface area contributed by atoms with E-state index >= 15 is 0 Å². The van der Waals surface area contributed by atoms with Crippen LogP contribution in [0.4, 0.5) is 13.2 Å². The van der Waals surface area contributed by atoms with Crippen molar-refractivity contribution in [1.82, 2.24) is 10.6 Å². The number of hydrogen-bond acceptors (Lipinski definition) is 3. The van der Waals surface area contributed by atoms with E-state index < -0.39 is 12.8 Å². The van der Waals surface area contributed by atoms with Gasteiger partial charge in [-0.3, -0.25) is 0 Å². The molecule has 16 heavy (non-hydrogen) atoms. The number of alkyl halides is 3. The second-order valence-electron chi connectivity index (χ2n) is 3.52. The summed E-state index contributed by atoms with van der Waals surface area (Å²) < 4.78 is 39.4. The Hall–Kier alpha value is -0.330. The summed E-state index contributed by atoms with van der Waals surface area (Å²) >= 11 is 0. The van der Waals surface area contributed by atoms with Crippen LogP contribution in [0.25, 0.3) is 0 Å². The summed E-state index contributed by atoms with van der Waals surface area (Å²) in [7, 11) is 0. The van der Waals surface area contributed by atoms with Gasteiger partial charge in [0.05, 0.1) is 6.61 Å². The fraction of sp³-hybridized carbons (Fsp3) is 1.00. The molecule has 0 aliphatic heterocycles. The molecule has 0 unspecified atom stereocenters. The van der Waals surface area contributed by atoms with Crippen molar-refractivity contribution < 1.29 is 17.9 Å². The van der Waals surface area contributed by atoms with E-state index in [2.05, 4.69) is 22.3 Å². The molecule has 0 aliphatic carbocycles. The number of ether oxygens (including phenoxy) is 1. The lowest BCUT2D eigenvalue weighted by Gasteiger charge is -2.08. The molecule has 3 nitrogen and oxygen atoms in total. The van der Waals surface area contributed by atoms with E-state index in [1.165, 1.54) is 0 Å². The van der Waals surface area contributed by atoms with Gasteiger partial charge in [-0.25, -0.2) is 0 Å². The summed E-state index contributed by atoms with van der Waals surface area (Å²) in [5.41, 5.74) is 0. The smallest absolute Gasteiger partial charge is 0.371 e. The SMILES string of the molecule is CCCNCCCNCCOCC(F)(F)F. The Bertz CT molecular complexity index is 153. The number of rotatable bonds is 10. The summed E-state index contributed by atoms with van der Waals surface area (Å²) in [6.45, 7) is 4.24. The normalized spacial score (nSPS) is 12.0. The second-order valence-corrected chi connectivity index (χ2v) is 3.52. The van der Waals surface area contributed by atoms with Gasteiger partial charge in [0.15, 0.2) is 0 Å². The average Bonchev–Trinajstić information content (AvgIpc) is 2.19. The Morgan fingerprint density at radius 2 is 1.62 bits per heavy atom. The van der Waals surface area contributed by atoms with Crippen molar-refractivity contribution in [2.24, 2.45) is 0 Å². The Kier molecular flexibility index (Phi) is 9.66. The van der Waals surface area contributed by atoms with Gasteiger partial charge < -0.3 is 15.4 Å². The molecule has 0 radical (unpaired) electrons. The topological polar surface area (TPSA) is 33.3 Å². The van der Waals surface area contributed by atoms with Gasteiger partial charge in [0.2, 0.25) is 0 Å². The van der Waals surface area contributed by atoms with Gasteiger partial charge >= 0.3 is 6.18 Å². The molecule has 2 N–H and O–H groups in total. The van der Waals surface area contributed by atoms with Gasteiger partial charge in [0, 0.05) is 6.54 Å². The van der Waals surface area contributed by atoms with Crippen molar-refractivity contribution in [3.63, 3.8) is 0 Å². The van der Waals surface area contributed by atoms with Gasteiger partial charge in [-0.15, -0.1) is 0 Å². The molecule has 0 saturated heterocycles. The van der Waals surface area contributed by atoms with Crippen molar-refractivity contribution in [1.29, 1.82) is 0 Å². The van der Waals surface area contributed by atoms with Crippen molar-refractivity contribution in [2.45, 2.75) is 25.9 Å². The van der Waals surface area contributed by atoms with Crippen LogP contribution < -0.4 is 10.6 Å². The Morgan fingerprint density at radius 1 is 1.00 bits per heavy atom. The second kappa shape index (κ2) is 9.86. The van der Waals surface area contributed by atoms with Crippen LogP contribution in [0.1, 0.15) is 19.8 Å². The molecule has 0 rings (SSSR count). The van der Waals surface area contributed by atoms with Gasteiger partial charge in [0.25, 0.3) is 0 Å². The number of hydrogen-bond donors (Lipinski definition) is 2. The Balaban J connectivity index is 2.99. The summed E-state index contributed by atoms with van der Waals surface area (Å²) in [5.74, 6) is 0. The monoisotopic (exact) mass is 242 g/mol. The molecular weight excluding hydrogens is 221 g/mol. The third kappa shape index (κ3) is 13.7. The zero-order valence-electron chi connectivity index (χ0n) is 9.70. The standard InChI is InChI=1S/C10H21F3N2O/c1-2-4-14-5-3-6-15-7-8-16-9-10(11,12)13/h14-15H,2-9H2,1H3. The minimum Gasteiger partial charge on any atom is -0.371 e. The predicted molar refractivity (Wildman–Crippen MR) is 57.5 cm³/mol. The van der Waals surface area contributed by atoms with E-state index in [1.807, 2.05) is 0 Å². The molecule has 0 amide bonds. The summed E-state index contributed by atoms with van der Waals surface area (Å²) in [6.07, 6.45) is -2.14. The highest BCUT2D eigenvalue weighted by molar-refractivity contribution is 4.52. The van der Waals surface area contributed by atoms with Crippen LogP contribution in [0.3, 0.4) is 0 Å². The third-order valence-corrected chi connectivity index (χ3v) is 1.82. The van der Waals surface area contributed by atoms with E-state index in [-0.39, 0.29) is 6.61 Å². The Morgan fingerprint density at radius 3 is 2.19 bits per heavy atom. The zero-order valence-corrected chi connectivity index (χ0v) is 9.70. The predicted octanol–water partition coefficient (Wildman–Crippen LogP) is 1.54. The van der Waals surface area contributed by atoms with E-state index in [0.717, 1.165) is 32.5 Å². The molecule has 0 aromatic rings. The third-order valence-electron chi connectivity index (χ3n) is 1.82. The van der Waals surface area contributed by atoms with Crippen LogP contribution in [0.5, 0.6) is 0 Å². The molecule has 0 fully saturated rings. The molecule has 0 spiro atoms. The fourth-order valence-corrected chi connectivity index (χ4v) is 1.10. The highest BCUT2D eigenvalue weighted by atomic mass is 19.4. The molecule has 98 valence electrons. The molecule has 6 heteroatoms. The molecule has 0 aromatic heterocycles. The Labute approximate surface area is 94.7 Å². The first-order chi connectivity index (χ1) is 7.56. The highest BCUT2D eigenvalue weighted by Gasteiger charge is 2.27. The maximum atomic E-state index is 11.7. The quantitative estimate of drug-likeness (QED) is 0.570. The van der Waals surface area contributed by atoms with Gasteiger partial charge in [0.1, 0.15) is 6.61 Å². The van der Waals surface area contributed by atoms with Crippen LogP contribution in [-0.2, 0) is 4.74 Å². The summed E-state index contributed by atoms with van der Waals surface area (Å²) in [5, 5.41) is 6.25. The maximum absolute atomic E-state index is 11.7. The molecule has 0 bridgehead atoms. The molecule has 0 aliphatic rings. The lowest BCUT2D eigenvalue weighted by molar-refractivity contribution is -0.173. The molecular formula is C10H21F3N2O. The van der Waals surface area contributed by atoms with Crippen molar-refractivity contribution in [3.05, 3.63) is 0 Å². The number of halogens is 3. The van der Waals surface area contributed by atoms with E-state index in [0.29, 0.717) is 6.54 Å². The lowest BCUT2D eigenvalue weighted by atomic mass is 10.4. The first-order valence-corrected chi connectivity index (χ1v) is 5.62. The van der Waals surface area contributed by atoms with Gasteiger partial charge in [-0.1, -0.05) is 6.92 Å². The minimum absolute atomic E-state index is 0.0991. The number of nitrogens with one attached hydrogen (secondary N) is 2. The van der Waals surface area contributed by atoms with Gasteiger partial charge in [-0.2, -0.15) is 13.2 Å². The van der Waals surface area contributed by atoms with Crippen LogP contribution in [-0.4, -0.2) is 45.6 Å². The fourth-order valence-electron chi connectivity index (χ4n) is 1.10. The molecule has 0 aromatic carbocycles. The van der Waals surface area contributed by atoms with E-state index in [1.54, 1.807) is 0 Å². The first-order valence-electron chi connectivity index (χ1n) is 5.62. The average molecular weight is 242 g/mol. The van der Waals surface area contributed by atoms with E-state index in [4.69, 9.17) is 0 Å². The largest absolute Gasteiger partial charge is 0.411 e. The van der Waals surface area contributed by atoms with Crippen LogP contribution >= 0.6 is 0 Å². The molecule has 0 heterocycles. The van der Waals surface area contributed by atoms with Crippen LogP contribution in [0.15, 0.2) is 0 Å².